The molecule has 9 nitrogen and oxygen atoms in total. The number of anilines is 3. The second kappa shape index (κ2) is 8.82. The van der Waals surface area contributed by atoms with Gasteiger partial charge in [0.1, 0.15) is 5.82 Å². The summed E-state index contributed by atoms with van der Waals surface area (Å²) >= 11 is 6.36. The van der Waals surface area contributed by atoms with Gasteiger partial charge < -0.3 is 26.8 Å². The average Bonchev–Trinajstić information content (AvgIpc) is 3.04. The molecule has 3 rings (SSSR count). The summed E-state index contributed by atoms with van der Waals surface area (Å²) in [6.07, 6.45) is 1.66. The number of aromatic nitrogens is 3. The van der Waals surface area contributed by atoms with Crippen LogP contribution in [0.15, 0.2) is 24.4 Å². The molecule has 2 aromatic heterocycles. The molecule has 0 spiro atoms. The van der Waals surface area contributed by atoms with Crippen LogP contribution >= 0.6 is 11.6 Å². The highest BCUT2D eigenvalue weighted by atomic mass is 35.5. The Bertz CT molecular complexity index is 1090. The molecule has 0 radical (unpaired) electrons. The number of nitrogens with two attached hydrogens (primary N) is 2. The number of amides is 1. The van der Waals surface area contributed by atoms with Crippen molar-refractivity contribution in [3.8, 4) is 0 Å². The van der Waals surface area contributed by atoms with Crippen LogP contribution in [-0.2, 0) is 11.8 Å². The Balaban J connectivity index is 2.01. The monoisotopic (exact) mass is 435 g/mol. The summed E-state index contributed by atoms with van der Waals surface area (Å²) < 4.78 is 21.4. The van der Waals surface area contributed by atoms with Crippen LogP contribution in [0.5, 0.6) is 0 Å². The fourth-order valence-corrected chi connectivity index (χ4v) is 3.38. The molecule has 30 heavy (non-hydrogen) atoms. The number of benzene rings is 1. The van der Waals surface area contributed by atoms with Crippen molar-refractivity contribution in [3.63, 3.8) is 0 Å². The number of aryl methyl sites for hydroxylation is 1. The molecule has 2 heterocycles. The van der Waals surface area contributed by atoms with Crippen molar-refractivity contribution in [3.05, 3.63) is 40.8 Å². The summed E-state index contributed by atoms with van der Waals surface area (Å²) in [6, 6.07) is 3.72. The number of primary amides is 1. The molecule has 1 aromatic carbocycles. The van der Waals surface area contributed by atoms with E-state index >= 15 is 0 Å². The van der Waals surface area contributed by atoms with E-state index in [2.05, 4.69) is 20.7 Å². The van der Waals surface area contributed by atoms with Gasteiger partial charge in [-0.05, 0) is 25.1 Å². The number of rotatable bonds is 8. The Morgan fingerprint density at radius 1 is 1.37 bits per heavy atom. The van der Waals surface area contributed by atoms with E-state index in [-0.39, 0.29) is 29.8 Å². The number of hydrogen-bond donors (Lipinski definition) is 4. The number of halogens is 2. The number of carbonyl (C=O) groups is 1. The molecule has 0 unspecified atom stereocenters. The molecule has 0 saturated heterocycles. The predicted molar refractivity (Wildman–Crippen MR) is 115 cm³/mol. The van der Waals surface area contributed by atoms with E-state index in [0.717, 1.165) is 17.0 Å². The number of methoxy groups -OCH3 is 1. The van der Waals surface area contributed by atoms with Gasteiger partial charge in [0.2, 0.25) is 0 Å². The lowest BCUT2D eigenvalue weighted by atomic mass is 10.1. The molecule has 1 amide bonds. The number of ether oxygens (including phenoxy) is 1. The zero-order valence-electron chi connectivity index (χ0n) is 16.7. The Morgan fingerprint density at radius 2 is 2.10 bits per heavy atom. The van der Waals surface area contributed by atoms with Gasteiger partial charge in [-0.15, -0.1) is 0 Å². The molecule has 2 atom stereocenters. The third-order valence-corrected chi connectivity index (χ3v) is 4.88. The highest BCUT2D eigenvalue weighted by molar-refractivity contribution is 6.35. The number of carbonyl (C=O) groups excluding carboxylic acids is 1. The van der Waals surface area contributed by atoms with Crippen LogP contribution in [0.1, 0.15) is 17.3 Å². The lowest BCUT2D eigenvalue weighted by Gasteiger charge is -2.23. The van der Waals surface area contributed by atoms with Crippen molar-refractivity contribution in [1.82, 2.24) is 14.8 Å². The largest absolute Gasteiger partial charge is 0.382 e. The predicted octanol–water partition coefficient (Wildman–Crippen LogP) is 2.38. The van der Waals surface area contributed by atoms with E-state index in [1.165, 1.54) is 7.11 Å². The minimum absolute atomic E-state index is 0.0755. The van der Waals surface area contributed by atoms with Crippen LogP contribution in [0.3, 0.4) is 0 Å². The summed E-state index contributed by atoms with van der Waals surface area (Å²) in [6.45, 7) is 2.00. The van der Waals surface area contributed by atoms with E-state index in [9.17, 15) is 9.18 Å². The Hall–Kier alpha value is -2.95. The molecule has 11 heteroatoms. The summed E-state index contributed by atoms with van der Waals surface area (Å²) in [5.74, 6) is -1.58. The quantitative estimate of drug-likeness (QED) is 0.427. The molecule has 3 aromatic rings. The van der Waals surface area contributed by atoms with Crippen LogP contribution in [0.25, 0.3) is 10.9 Å². The molecule has 160 valence electrons. The summed E-state index contributed by atoms with van der Waals surface area (Å²) in [5.41, 5.74) is 12.5. The van der Waals surface area contributed by atoms with Crippen LogP contribution < -0.4 is 22.1 Å². The van der Waals surface area contributed by atoms with Gasteiger partial charge in [-0.2, -0.15) is 5.10 Å². The number of hydrogen-bond acceptors (Lipinski definition) is 7. The summed E-state index contributed by atoms with van der Waals surface area (Å²) in [5, 5.41) is 11.3. The second-order valence-corrected chi connectivity index (χ2v) is 7.34. The maximum absolute atomic E-state index is 14.6. The molecule has 0 fully saturated rings. The van der Waals surface area contributed by atoms with E-state index in [1.54, 1.807) is 37.0 Å². The number of pyridine rings is 1. The van der Waals surface area contributed by atoms with Crippen LogP contribution in [0, 0.1) is 5.82 Å². The SMILES string of the molecule is COC[C@@H](Nc1nc(Nc2cc(Cl)c3c(cnn3C)c2)c(C(N)=O)cc1F)[C@H](C)N. The first-order chi connectivity index (χ1) is 14.2. The van der Waals surface area contributed by atoms with Gasteiger partial charge in [-0.25, -0.2) is 9.37 Å². The van der Waals surface area contributed by atoms with Gasteiger partial charge in [0.15, 0.2) is 11.6 Å². The number of fused-ring (bicyclic) bond motifs is 1. The lowest BCUT2D eigenvalue weighted by molar-refractivity contribution is 0.100. The van der Waals surface area contributed by atoms with Crippen LogP contribution in [0.4, 0.5) is 21.7 Å². The maximum Gasteiger partial charge on any atom is 0.252 e. The first-order valence-electron chi connectivity index (χ1n) is 9.11. The van der Waals surface area contributed by atoms with Crippen LogP contribution in [-0.4, -0.2) is 46.5 Å². The van der Waals surface area contributed by atoms with E-state index in [0.29, 0.717) is 10.7 Å². The Labute approximate surface area is 177 Å². The highest BCUT2D eigenvalue weighted by Gasteiger charge is 2.21. The average molecular weight is 436 g/mol. The minimum Gasteiger partial charge on any atom is -0.382 e. The van der Waals surface area contributed by atoms with Crippen molar-refractivity contribution in [2.24, 2.45) is 18.5 Å². The van der Waals surface area contributed by atoms with Crippen molar-refractivity contribution in [2.75, 3.05) is 24.4 Å². The van der Waals surface area contributed by atoms with Gasteiger partial charge in [0.05, 0.1) is 34.9 Å². The van der Waals surface area contributed by atoms with Crippen molar-refractivity contribution in [1.29, 1.82) is 0 Å². The van der Waals surface area contributed by atoms with Gasteiger partial charge in [0, 0.05) is 31.3 Å². The Kier molecular flexibility index (Phi) is 6.40. The molecular weight excluding hydrogens is 413 g/mol. The number of nitrogens with zero attached hydrogens (tertiary/aromatic N) is 3. The fourth-order valence-electron chi connectivity index (χ4n) is 3.03. The molecule has 6 N–H and O–H groups in total. The smallest absolute Gasteiger partial charge is 0.252 e. The summed E-state index contributed by atoms with van der Waals surface area (Å²) in [7, 11) is 3.29. The van der Waals surface area contributed by atoms with Gasteiger partial charge >= 0.3 is 0 Å². The Morgan fingerprint density at radius 3 is 2.73 bits per heavy atom. The molecule has 0 aliphatic rings. The standard InChI is InChI=1S/C19H23ClFN7O2/c1-9(22)15(8-30-3)26-19-14(21)6-12(17(23)29)18(27-19)25-11-4-10-7-24-28(2)16(10)13(20)5-11/h4-7,9,15H,8,22H2,1-3H3,(H2,23,29)(H2,25,26,27)/t9-,15+/m0/s1. The fraction of sp³-hybridized carbons (Fsp3) is 0.316. The van der Waals surface area contributed by atoms with Gasteiger partial charge in [-0.1, -0.05) is 11.6 Å². The second-order valence-electron chi connectivity index (χ2n) is 6.93. The zero-order chi connectivity index (χ0) is 22.0. The molecule has 0 aliphatic carbocycles. The first kappa shape index (κ1) is 21.8. The number of nitrogens with one attached hydrogen (secondary N) is 2. The molecular formula is C19H23ClFN7O2. The van der Waals surface area contributed by atoms with Crippen molar-refractivity contribution in [2.45, 2.75) is 19.0 Å². The molecule has 0 bridgehead atoms. The normalized spacial score (nSPS) is 13.3. The maximum atomic E-state index is 14.6. The topological polar surface area (TPSA) is 133 Å². The molecule has 0 saturated carbocycles. The first-order valence-corrected chi connectivity index (χ1v) is 9.48. The third-order valence-electron chi connectivity index (χ3n) is 4.59. The van der Waals surface area contributed by atoms with E-state index in [4.69, 9.17) is 27.8 Å². The van der Waals surface area contributed by atoms with E-state index < -0.39 is 17.8 Å². The van der Waals surface area contributed by atoms with Crippen molar-refractivity contribution >= 4 is 45.7 Å². The highest BCUT2D eigenvalue weighted by Crippen LogP contribution is 2.30. The zero-order valence-corrected chi connectivity index (χ0v) is 17.5. The van der Waals surface area contributed by atoms with E-state index in [1.807, 2.05) is 0 Å². The van der Waals surface area contributed by atoms with Gasteiger partial charge in [0.25, 0.3) is 5.91 Å². The third kappa shape index (κ3) is 4.45. The summed E-state index contributed by atoms with van der Waals surface area (Å²) in [4.78, 5) is 16.1. The van der Waals surface area contributed by atoms with Gasteiger partial charge in [-0.3, -0.25) is 9.48 Å². The van der Waals surface area contributed by atoms with Crippen LogP contribution in [0.2, 0.25) is 5.02 Å². The minimum atomic E-state index is -0.829. The lowest BCUT2D eigenvalue weighted by Crippen LogP contribution is -2.41. The van der Waals surface area contributed by atoms with Crippen molar-refractivity contribution < 1.29 is 13.9 Å². The molecule has 0 aliphatic heterocycles.